The van der Waals surface area contributed by atoms with Crippen molar-refractivity contribution in [2.45, 2.75) is 5.79 Å². The quantitative estimate of drug-likeness (QED) is 0.537. The van der Waals surface area contributed by atoms with Gasteiger partial charge in [0.1, 0.15) is 0 Å². The first-order valence-electron chi connectivity index (χ1n) is 6.14. The molecule has 0 spiro atoms. The van der Waals surface area contributed by atoms with E-state index in [4.69, 9.17) is 40.4 Å². The molecule has 114 valence electrons. The number of rotatable bonds is 2. The Bertz CT molecular complexity index is 737. The lowest BCUT2D eigenvalue weighted by Gasteiger charge is -2.22. The molecule has 0 amide bonds. The summed E-state index contributed by atoms with van der Waals surface area (Å²) in [5.41, 5.74) is 24.3. The van der Waals surface area contributed by atoms with Gasteiger partial charge in [0.2, 0.25) is 17.7 Å². The van der Waals surface area contributed by atoms with Crippen LogP contribution in [-0.2, 0) is 5.79 Å². The number of guanidine groups is 1. The molecule has 8 nitrogen and oxygen atoms in total. The van der Waals surface area contributed by atoms with Crippen LogP contribution in [0, 0.1) is 0 Å². The molecule has 1 aliphatic rings. The first-order valence-corrected chi connectivity index (χ1v) is 6.89. The number of aromatic nitrogens is 2. The second-order valence-corrected chi connectivity index (χ2v) is 5.47. The fourth-order valence-corrected chi connectivity index (χ4v) is 2.78. The predicted molar refractivity (Wildman–Crippen MR) is 85.7 cm³/mol. The summed E-state index contributed by atoms with van der Waals surface area (Å²) >= 11 is 12.7. The lowest BCUT2D eigenvalue weighted by Crippen LogP contribution is -2.50. The zero-order valence-corrected chi connectivity index (χ0v) is 12.7. The summed E-state index contributed by atoms with van der Waals surface area (Å²) in [7, 11) is 0. The topological polar surface area (TPSA) is 140 Å². The predicted octanol–water partition coefficient (Wildman–Crippen LogP) is 0.524. The van der Waals surface area contributed by atoms with Gasteiger partial charge in [-0.2, -0.15) is 5.43 Å². The van der Waals surface area contributed by atoms with Crippen molar-refractivity contribution in [3.8, 4) is 11.1 Å². The maximum absolute atomic E-state index is 6.33. The Hall–Kier alpha value is -2.13. The summed E-state index contributed by atoms with van der Waals surface area (Å²) < 4.78 is 0. The van der Waals surface area contributed by atoms with Gasteiger partial charge >= 0.3 is 0 Å². The monoisotopic (exact) mass is 338 g/mol. The lowest BCUT2D eigenvalue weighted by atomic mass is 10.0. The molecule has 8 N–H and O–H groups in total. The van der Waals surface area contributed by atoms with E-state index in [0.29, 0.717) is 26.7 Å². The summed E-state index contributed by atoms with van der Waals surface area (Å²) in [6.45, 7) is 0. The molecule has 0 bridgehead atoms. The van der Waals surface area contributed by atoms with Gasteiger partial charge in [0, 0.05) is 29.1 Å². The number of hydrogen-bond donors (Lipinski definition) is 5. The third-order valence-electron chi connectivity index (χ3n) is 3.12. The number of benzene rings is 1. The minimum absolute atomic E-state index is 0.166. The van der Waals surface area contributed by atoms with Crippen LogP contribution in [0.2, 0.25) is 10.0 Å². The van der Waals surface area contributed by atoms with E-state index in [0.717, 1.165) is 0 Å². The number of aliphatic imine (C=N–C) groups is 1. The van der Waals surface area contributed by atoms with E-state index in [-0.39, 0.29) is 11.9 Å². The third kappa shape index (κ3) is 2.53. The largest absolute Gasteiger partial charge is 0.369 e. The van der Waals surface area contributed by atoms with Gasteiger partial charge in [-0.15, -0.1) is 0 Å². The standard InChI is InChI=1S/C12H12Cl2N8/c13-7-1-6(12(17)20-11(16)21-22-12)2-8(14)9(7)5-3-18-10(15)19-4-5/h1-4,22H,17H2,(H2,15,18,19)(H3,16,20,21). The zero-order valence-electron chi connectivity index (χ0n) is 11.1. The van der Waals surface area contributed by atoms with Gasteiger partial charge in [0.25, 0.3) is 0 Å². The van der Waals surface area contributed by atoms with E-state index in [1.54, 1.807) is 24.5 Å². The summed E-state index contributed by atoms with van der Waals surface area (Å²) in [6, 6.07) is 3.30. The molecule has 3 rings (SSSR count). The Morgan fingerprint density at radius 1 is 1.05 bits per heavy atom. The van der Waals surface area contributed by atoms with Crippen molar-refractivity contribution in [3.63, 3.8) is 0 Å². The molecule has 10 heteroatoms. The third-order valence-corrected chi connectivity index (χ3v) is 3.72. The minimum Gasteiger partial charge on any atom is -0.369 e. The van der Waals surface area contributed by atoms with Crippen molar-refractivity contribution in [1.29, 1.82) is 0 Å². The van der Waals surface area contributed by atoms with Crippen LogP contribution >= 0.6 is 23.2 Å². The normalized spacial score (nSPS) is 20.6. The number of nitrogens with two attached hydrogens (primary N) is 3. The van der Waals surface area contributed by atoms with Crippen molar-refractivity contribution in [2.24, 2.45) is 16.5 Å². The second kappa shape index (κ2) is 5.25. The van der Waals surface area contributed by atoms with Crippen molar-refractivity contribution < 1.29 is 0 Å². The Labute approximate surface area is 135 Å². The van der Waals surface area contributed by atoms with Crippen molar-refractivity contribution in [2.75, 3.05) is 5.73 Å². The van der Waals surface area contributed by atoms with Crippen LogP contribution in [-0.4, -0.2) is 15.9 Å². The zero-order chi connectivity index (χ0) is 15.9. The Morgan fingerprint density at radius 2 is 1.64 bits per heavy atom. The van der Waals surface area contributed by atoms with E-state index in [2.05, 4.69) is 25.8 Å². The van der Waals surface area contributed by atoms with Gasteiger partial charge in [-0.25, -0.2) is 15.0 Å². The molecule has 0 saturated carbocycles. The number of nitrogens with zero attached hydrogens (tertiary/aromatic N) is 3. The van der Waals surface area contributed by atoms with Gasteiger partial charge < -0.3 is 11.5 Å². The number of hydrogen-bond acceptors (Lipinski definition) is 8. The van der Waals surface area contributed by atoms with Gasteiger partial charge in [0.15, 0.2) is 0 Å². The van der Waals surface area contributed by atoms with Crippen LogP contribution in [0.25, 0.3) is 11.1 Å². The first-order chi connectivity index (χ1) is 10.4. The average molecular weight is 339 g/mol. The van der Waals surface area contributed by atoms with E-state index in [1.807, 2.05) is 0 Å². The molecule has 0 fully saturated rings. The van der Waals surface area contributed by atoms with Gasteiger partial charge in [0.05, 0.1) is 10.0 Å². The van der Waals surface area contributed by atoms with E-state index in [9.17, 15) is 0 Å². The summed E-state index contributed by atoms with van der Waals surface area (Å²) in [5.74, 6) is -0.904. The lowest BCUT2D eigenvalue weighted by molar-refractivity contribution is 0.375. The number of hydrazine groups is 1. The van der Waals surface area contributed by atoms with Gasteiger partial charge in [-0.1, -0.05) is 23.2 Å². The Balaban J connectivity index is 2.08. The van der Waals surface area contributed by atoms with Gasteiger partial charge in [-0.05, 0) is 12.1 Å². The molecule has 22 heavy (non-hydrogen) atoms. The van der Waals surface area contributed by atoms with Crippen LogP contribution in [0.1, 0.15) is 5.56 Å². The number of anilines is 1. The Morgan fingerprint density at radius 3 is 2.14 bits per heavy atom. The molecule has 1 aliphatic heterocycles. The summed E-state index contributed by atoms with van der Waals surface area (Å²) in [5, 5.41) is 0.756. The van der Waals surface area contributed by atoms with E-state index in [1.165, 1.54) is 0 Å². The highest BCUT2D eigenvalue weighted by Gasteiger charge is 2.32. The molecular formula is C12H12Cl2N8. The van der Waals surface area contributed by atoms with Crippen LogP contribution in [0.5, 0.6) is 0 Å². The fourth-order valence-electron chi connectivity index (χ4n) is 2.08. The van der Waals surface area contributed by atoms with Crippen LogP contribution in [0.4, 0.5) is 5.95 Å². The van der Waals surface area contributed by atoms with Crippen molar-refractivity contribution in [1.82, 2.24) is 20.8 Å². The highest BCUT2D eigenvalue weighted by molar-refractivity contribution is 6.39. The molecule has 1 aromatic heterocycles. The highest BCUT2D eigenvalue weighted by Crippen LogP contribution is 2.37. The van der Waals surface area contributed by atoms with Crippen molar-refractivity contribution >= 4 is 35.1 Å². The summed E-state index contributed by atoms with van der Waals surface area (Å²) in [6.07, 6.45) is 3.08. The molecule has 2 heterocycles. The summed E-state index contributed by atoms with van der Waals surface area (Å²) in [4.78, 5) is 11.9. The van der Waals surface area contributed by atoms with Crippen LogP contribution in [0.3, 0.4) is 0 Å². The first kappa shape index (κ1) is 14.8. The number of nitrogens with one attached hydrogen (secondary N) is 2. The molecular weight excluding hydrogens is 327 g/mol. The van der Waals surface area contributed by atoms with Crippen LogP contribution in [0.15, 0.2) is 29.5 Å². The molecule has 1 aromatic carbocycles. The minimum atomic E-state index is -1.24. The van der Waals surface area contributed by atoms with Crippen molar-refractivity contribution in [3.05, 3.63) is 40.1 Å². The van der Waals surface area contributed by atoms with Gasteiger partial charge in [-0.3, -0.25) is 11.2 Å². The molecule has 0 saturated heterocycles. The maximum Gasteiger partial charge on any atom is 0.219 e. The average Bonchev–Trinajstić information content (AvgIpc) is 2.81. The second-order valence-electron chi connectivity index (χ2n) is 4.66. The molecule has 0 aliphatic carbocycles. The maximum atomic E-state index is 6.33. The molecule has 2 aromatic rings. The number of nitrogen functional groups attached to an aromatic ring is 1. The molecule has 0 radical (unpaired) electrons. The molecule has 1 atom stereocenters. The van der Waals surface area contributed by atoms with E-state index < -0.39 is 5.79 Å². The highest BCUT2D eigenvalue weighted by atomic mass is 35.5. The molecule has 1 unspecified atom stereocenters. The number of halogens is 2. The van der Waals surface area contributed by atoms with E-state index >= 15 is 0 Å². The SMILES string of the molecule is NC1=NC(N)(c2cc(Cl)c(-c3cnc(N)nc3)c(Cl)c2)NN1. The Kier molecular flexibility index (Phi) is 3.53. The fraction of sp³-hybridized carbons (Fsp3) is 0.0833. The van der Waals surface area contributed by atoms with Crippen LogP contribution < -0.4 is 28.1 Å². The smallest absolute Gasteiger partial charge is 0.219 e.